The Labute approximate surface area is 129 Å². The number of nitrogens with one attached hydrogen (secondary N) is 1. The molecule has 0 bridgehead atoms. The second-order valence-corrected chi connectivity index (χ2v) is 5.70. The predicted octanol–water partition coefficient (Wildman–Crippen LogP) is 4.07. The number of carboxylic acid groups (broad SMARTS) is 1. The molecule has 2 N–H and O–H groups in total. The molecule has 2 aromatic carbocycles. The largest absolute Gasteiger partial charge is 0.478 e. The molecule has 0 fully saturated rings. The van der Waals surface area contributed by atoms with Gasteiger partial charge in [-0.05, 0) is 37.3 Å². The third-order valence-corrected chi connectivity index (χ3v) is 4.05. The molecule has 0 unspecified atom stereocenters. The molecule has 0 saturated carbocycles. The van der Waals surface area contributed by atoms with E-state index in [1.165, 1.54) is 22.9 Å². The van der Waals surface area contributed by atoms with Crippen LogP contribution in [0.3, 0.4) is 0 Å². The first-order chi connectivity index (χ1) is 10.1. The van der Waals surface area contributed by atoms with Crippen molar-refractivity contribution < 1.29 is 9.90 Å². The Kier molecular flexibility index (Phi) is 5.28. The van der Waals surface area contributed by atoms with Gasteiger partial charge in [0.05, 0.1) is 5.56 Å². The van der Waals surface area contributed by atoms with Gasteiger partial charge in [0.1, 0.15) is 0 Å². The third kappa shape index (κ3) is 4.02. The smallest absolute Gasteiger partial charge is 0.338 e. The van der Waals surface area contributed by atoms with E-state index in [4.69, 9.17) is 0 Å². The number of thioether (sulfide) groups is 1. The normalized spacial score (nSPS) is 10.4. The number of benzene rings is 2. The second kappa shape index (κ2) is 7.18. The van der Waals surface area contributed by atoms with Gasteiger partial charge in [0, 0.05) is 17.1 Å². The molecule has 0 heterocycles. The van der Waals surface area contributed by atoms with E-state index in [1.807, 2.05) is 30.5 Å². The highest BCUT2D eigenvalue weighted by atomic mass is 32.2. The maximum atomic E-state index is 11.4. The van der Waals surface area contributed by atoms with Gasteiger partial charge in [0.2, 0.25) is 0 Å². The number of aryl methyl sites for hydroxylation is 1. The lowest BCUT2D eigenvalue weighted by Gasteiger charge is -2.12. The molecule has 0 saturated heterocycles. The molecule has 0 amide bonds. The van der Waals surface area contributed by atoms with Crippen LogP contribution in [0.1, 0.15) is 21.5 Å². The number of hydrogen-bond acceptors (Lipinski definition) is 3. The summed E-state index contributed by atoms with van der Waals surface area (Å²) in [4.78, 5) is 12.2. The monoisotopic (exact) mass is 301 g/mol. The molecular formula is C17H19NO2S. The van der Waals surface area contributed by atoms with Gasteiger partial charge in [-0.15, -0.1) is 11.8 Å². The van der Waals surface area contributed by atoms with Crippen LogP contribution in [0.15, 0.2) is 47.4 Å². The number of rotatable bonds is 6. The van der Waals surface area contributed by atoms with E-state index in [1.54, 1.807) is 0 Å². The van der Waals surface area contributed by atoms with Crippen LogP contribution in [-0.4, -0.2) is 23.9 Å². The highest BCUT2D eigenvalue weighted by Crippen LogP contribution is 2.27. The minimum absolute atomic E-state index is 0.356. The summed E-state index contributed by atoms with van der Waals surface area (Å²) >= 11 is 1.45. The van der Waals surface area contributed by atoms with Crippen LogP contribution < -0.4 is 5.32 Å². The molecular weight excluding hydrogens is 282 g/mol. The van der Waals surface area contributed by atoms with Gasteiger partial charge in [-0.25, -0.2) is 4.79 Å². The van der Waals surface area contributed by atoms with Crippen LogP contribution in [0.5, 0.6) is 0 Å². The van der Waals surface area contributed by atoms with Crippen LogP contribution in [0, 0.1) is 6.92 Å². The van der Waals surface area contributed by atoms with Crippen LogP contribution >= 0.6 is 11.8 Å². The number of hydrogen-bond donors (Lipinski definition) is 2. The SMILES string of the molecule is CSc1cccc(NCCc2cccc(C)c2)c1C(=O)O. The maximum absolute atomic E-state index is 11.4. The topological polar surface area (TPSA) is 49.3 Å². The molecule has 4 heteroatoms. The minimum Gasteiger partial charge on any atom is -0.478 e. The summed E-state index contributed by atoms with van der Waals surface area (Å²) in [5.41, 5.74) is 3.53. The number of aromatic carboxylic acids is 1. The molecule has 0 aromatic heterocycles. The molecule has 2 rings (SSSR count). The summed E-state index contributed by atoms with van der Waals surface area (Å²) in [7, 11) is 0. The van der Waals surface area contributed by atoms with E-state index < -0.39 is 5.97 Å². The molecule has 0 radical (unpaired) electrons. The first-order valence-corrected chi connectivity index (χ1v) is 8.04. The first-order valence-electron chi connectivity index (χ1n) is 6.81. The van der Waals surface area contributed by atoms with E-state index in [-0.39, 0.29) is 0 Å². The first kappa shape index (κ1) is 15.4. The molecule has 2 aromatic rings. The van der Waals surface area contributed by atoms with Gasteiger partial charge >= 0.3 is 5.97 Å². The zero-order valence-electron chi connectivity index (χ0n) is 12.2. The molecule has 21 heavy (non-hydrogen) atoms. The zero-order valence-corrected chi connectivity index (χ0v) is 13.0. The predicted molar refractivity (Wildman–Crippen MR) is 88.6 cm³/mol. The summed E-state index contributed by atoms with van der Waals surface area (Å²) in [5, 5.41) is 12.6. The van der Waals surface area contributed by atoms with Crippen molar-refractivity contribution in [1.82, 2.24) is 0 Å². The summed E-state index contributed by atoms with van der Waals surface area (Å²) in [6, 6.07) is 13.9. The molecule has 0 aliphatic heterocycles. The molecule has 0 aliphatic rings. The van der Waals surface area contributed by atoms with E-state index in [0.717, 1.165) is 11.3 Å². The Balaban J connectivity index is 2.08. The number of carbonyl (C=O) groups is 1. The average molecular weight is 301 g/mol. The lowest BCUT2D eigenvalue weighted by Crippen LogP contribution is -2.10. The molecule has 110 valence electrons. The third-order valence-electron chi connectivity index (χ3n) is 3.27. The standard InChI is InChI=1S/C17H19NO2S/c1-12-5-3-6-13(11-12)9-10-18-14-7-4-8-15(21-2)16(14)17(19)20/h3-8,11,18H,9-10H2,1-2H3,(H,19,20). The van der Waals surface area contributed by atoms with Gasteiger partial charge in [-0.1, -0.05) is 35.9 Å². The average Bonchev–Trinajstić information content (AvgIpc) is 2.46. The van der Waals surface area contributed by atoms with Crippen molar-refractivity contribution >= 4 is 23.4 Å². The Morgan fingerprint density at radius 3 is 2.67 bits per heavy atom. The highest BCUT2D eigenvalue weighted by Gasteiger charge is 2.14. The lowest BCUT2D eigenvalue weighted by molar-refractivity contribution is 0.0694. The van der Waals surface area contributed by atoms with Crippen molar-refractivity contribution in [2.45, 2.75) is 18.2 Å². The van der Waals surface area contributed by atoms with Gasteiger partial charge in [-0.3, -0.25) is 0 Å². The minimum atomic E-state index is -0.891. The fourth-order valence-electron chi connectivity index (χ4n) is 2.28. The van der Waals surface area contributed by atoms with E-state index in [2.05, 4.69) is 30.4 Å². The van der Waals surface area contributed by atoms with Gasteiger partial charge in [0.15, 0.2) is 0 Å². The molecule has 0 atom stereocenters. The molecule has 0 spiro atoms. The van der Waals surface area contributed by atoms with Crippen molar-refractivity contribution in [3.63, 3.8) is 0 Å². The summed E-state index contributed by atoms with van der Waals surface area (Å²) < 4.78 is 0. The Hall–Kier alpha value is -1.94. The zero-order chi connectivity index (χ0) is 15.2. The Morgan fingerprint density at radius 2 is 2.00 bits per heavy atom. The lowest BCUT2D eigenvalue weighted by atomic mass is 10.1. The summed E-state index contributed by atoms with van der Waals surface area (Å²) in [6.07, 6.45) is 2.75. The van der Waals surface area contributed by atoms with E-state index in [0.29, 0.717) is 17.8 Å². The number of carboxylic acids is 1. The van der Waals surface area contributed by atoms with Crippen molar-refractivity contribution in [2.24, 2.45) is 0 Å². The molecule has 3 nitrogen and oxygen atoms in total. The summed E-state index contributed by atoms with van der Waals surface area (Å²) in [5.74, 6) is -0.891. The van der Waals surface area contributed by atoms with Crippen LogP contribution in [0.4, 0.5) is 5.69 Å². The van der Waals surface area contributed by atoms with E-state index in [9.17, 15) is 9.90 Å². The van der Waals surface area contributed by atoms with Crippen LogP contribution in [0.2, 0.25) is 0 Å². The fourth-order valence-corrected chi connectivity index (χ4v) is 2.89. The molecule has 0 aliphatic carbocycles. The van der Waals surface area contributed by atoms with Crippen molar-refractivity contribution in [3.8, 4) is 0 Å². The Bertz CT molecular complexity index is 640. The van der Waals surface area contributed by atoms with Gasteiger partial charge < -0.3 is 10.4 Å². The Morgan fingerprint density at radius 1 is 1.24 bits per heavy atom. The van der Waals surface area contributed by atoms with Crippen molar-refractivity contribution in [3.05, 3.63) is 59.2 Å². The summed E-state index contributed by atoms with van der Waals surface area (Å²) in [6.45, 7) is 2.78. The number of anilines is 1. The van der Waals surface area contributed by atoms with Crippen LogP contribution in [0.25, 0.3) is 0 Å². The van der Waals surface area contributed by atoms with Crippen LogP contribution in [-0.2, 0) is 6.42 Å². The fraction of sp³-hybridized carbons (Fsp3) is 0.235. The highest BCUT2D eigenvalue weighted by molar-refractivity contribution is 7.98. The maximum Gasteiger partial charge on any atom is 0.338 e. The quantitative estimate of drug-likeness (QED) is 0.790. The second-order valence-electron chi connectivity index (χ2n) is 4.85. The van der Waals surface area contributed by atoms with E-state index >= 15 is 0 Å². The van der Waals surface area contributed by atoms with Gasteiger partial charge in [-0.2, -0.15) is 0 Å². The van der Waals surface area contributed by atoms with Crippen molar-refractivity contribution in [2.75, 3.05) is 18.1 Å². The van der Waals surface area contributed by atoms with Gasteiger partial charge in [0.25, 0.3) is 0 Å². The van der Waals surface area contributed by atoms with Crippen molar-refractivity contribution in [1.29, 1.82) is 0 Å².